The van der Waals surface area contributed by atoms with Gasteiger partial charge in [0, 0.05) is 24.9 Å². The molecule has 0 aromatic carbocycles. The van der Waals surface area contributed by atoms with Crippen LogP contribution in [0.3, 0.4) is 0 Å². The van der Waals surface area contributed by atoms with Crippen molar-refractivity contribution in [2.45, 2.75) is 51.3 Å². The molecule has 23 heavy (non-hydrogen) atoms. The SMILES string of the molecule is CC1(CNC(=O)C2CC(=O)N(CC(F)(F)F)C2)CCCCC1O. The second kappa shape index (κ2) is 6.67. The molecule has 8 heteroatoms. The first-order chi connectivity index (χ1) is 10.6. The van der Waals surface area contributed by atoms with Gasteiger partial charge in [0.15, 0.2) is 0 Å². The Labute approximate surface area is 133 Å². The van der Waals surface area contributed by atoms with E-state index >= 15 is 0 Å². The Morgan fingerprint density at radius 2 is 2.13 bits per heavy atom. The van der Waals surface area contributed by atoms with Crippen molar-refractivity contribution in [1.82, 2.24) is 10.2 Å². The van der Waals surface area contributed by atoms with E-state index in [2.05, 4.69) is 5.32 Å². The first-order valence-electron chi connectivity index (χ1n) is 7.91. The Bertz CT molecular complexity index is 469. The lowest BCUT2D eigenvalue weighted by Crippen LogP contribution is -2.46. The molecular formula is C15H23F3N2O3. The maximum absolute atomic E-state index is 12.4. The second-order valence-corrected chi connectivity index (χ2v) is 6.92. The third-order valence-electron chi connectivity index (χ3n) is 4.90. The van der Waals surface area contributed by atoms with Gasteiger partial charge in [0.25, 0.3) is 0 Å². The highest BCUT2D eigenvalue weighted by molar-refractivity contribution is 5.89. The molecule has 2 rings (SSSR count). The van der Waals surface area contributed by atoms with Crippen molar-refractivity contribution in [2.24, 2.45) is 11.3 Å². The molecule has 1 saturated carbocycles. The molecular weight excluding hydrogens is 313 g/mol. The zero-order valence-electron chi connectivity index (χ0n) is 13.2. The quantitative estimate of drug-likeness (QED) is 0.816. The van der Waals surface area contributed by atoms with Gasteiger partial charge in [-0.2, -0.15) is 13.2 Å². The fourth-order valence-corrected chi connectivity index (χ4v) is 3.34. The van der Waals surface area contributed by atoms with E-state index in [9.17, 15) is 27.9 Å². The van der Waals surface area contributed by atoms with E-state index in [1.807, 2.05) is 6.92 Å². The van der Waals surface area contributed by atoms with Gasteiger partial charge in [0.05, 0.1) is 12.0 Å². The van der Waals surface area contributed by atoms with Crippen LogP contribution in [-0.4, -0.2) is 53.7 Å². The molecule has 3 unspecified atom stereocenters. The standard InChI is InChI=1S/C15H23F3N2O3/c1-14(5-3-2-4-11(14)21)8-19-13(23)10-6-12(22)20(7-10)9-15(16,17)18/h10-11,21H,2-9H2,1H3,(H,19,23). The summed E-state index contributed by atoms with van der Waals surface area (Å²) in [5.41, 5.74) is -0.415. The van der Waals surface area contributed by atoms with Crippen molar-refractivity contribution in [1.29, 1.82) is 0 Å². The van der Waals surface area contributed by atoms with E-state index < -0.39 is 42.0 Å². The predicted molar refractivity (Wildman–Crippen MR) is 76.3 cm³/mol. The Morgan fingerprint density at radius 1 is 1.43 bits per heavy atom. The molecule has 0 aromatic heterocycles. The van der Waals surface area contributed by atoms with Crippen LogP contribution in [0.4, 0.5) is 13.2 Å². The third kappa shape index (κ3) is 4.59. The number of carbonyl (C=O) groups excluding carboxylic acids is 2. The van der Waals surface area contributed by atoms with Gasteiger partial charge in [-0.15, -0.1) is 0 Å². The summed E-state index contributed by atoms with van der Waals surface area (Å²) in [4.78, 5) is 24.4. The lowest BCUT2D eigenvalue weighted by Gasteiger charge is -2.38. The fourth-order valence-electron chi connectivity index (χ4n) is 3.34. The molecule has 5 nitrogen and oxygen atoms in total. The number of carbonyl (C=O) groups is 2. The Balaban J connectivity index is 1.86. The molecule has 2 fully saturated rings. The molecule has 1 saturated heterocycles. The van der Waals surface area contributed by atoms with Crippen molar-refractivity contribution < 1.29 is 27.9 Å². The summed E-state index contributed by atoms with van der Waals surface area (Å²) in [6.45, 7) is 0.652. The van der Waals surface area contributed by atoms with Crippen molar-refractivity contribution in [2.75, 3.05) is 19.6 Å². The molecule has 0 aromatic rings. The van der Waals surface area contributed by atoms with Gasteiger partial charge in [0.2, 0.25) is 11.8 Å². The predicted octanol–water partition coefficient (Wildman–Crippen LogP) is 1.45. The van der Waals surface area contributed by atoms with E-state index in [0.29, 0.717) is 11.3 Å². The minimum Gasteiger partial charge on any atom is -0.392 e. The maximum Gasteiger partial charge on any atom is 0.406 e. The second-order valence-electron chi connectivity index (χ2n) is 6.92. The van der Waals surface area contributed by atoms with Gasteiger partial charge < -0.3 is 15.3 Å². The molecule has 0 radical (unpaired) electrons. The summed E-state index contributed by atoms with van der Waals surface area (Å²) >= 11 is 0. The smallest absolute Gasteiger partial charge is 0.392 e. The van der Waals surface area contributed by atoms with Crippen LogP contribution in [0.25, 0.3) is 0 Å². The minimum atomic E-state index is -4.46. The molecule has 3 atom stereocenters. The van der Waals surface area contributed by atoms with Gasteiger partial charge >= 0.3 is 6.18 Å². The van der Waals surface area contributed by atoms with Crippen LogP contribution < -0.4 is 5.32 Å². The number of aliphatic hydroxyl groups is 1. The van der Waals surface area contributed by atoms with E-state index in [1.165, 1.54) is 0 Å². The average molecular weight is 336 g/mol. The van der Waals surface area contributed by atoms with Crippen LogP contribution in [0.5, 0.6) is 0 Å². The van der Waals surface area contributed by atoms with Crippen LogP contribution in [0.1, 0.15) is 39.0 Å². The van der Waals surface area contributed by atoms with Crippen LogP contribution in [0.2, 0.25) is 0 Å². The highest BCUT2D eigenvalue weighted by atomic mass is 19.4. The molecule has 0 spiro atoms. The topological polar surface area (TPSA) is 69.6 Å². The van der Waals surface area contributed by atoms with Crippen LogP contribution in [0, 0.1) is 11.3 Å². The first-order valence-corrected chi connectivity index (χ1v) is 7.91. The average Bonchev–Trinajstić information content (AvgIpc) is 2.79. The number of alkyl halides is 3. The van der Waals surface area contributed by atoms with E-state index in [-0.39, 0.29) is 19.5 Å². The number of halogens is 3. The number of nitrogens with one attached hydrogen (secondary N) is 1. The first kappa shape index (κ1) is 18.0. The largest absolute Gasteiger partial charge is 0.406 e. The fraction of sp³-hybridized carbons (Fsp3) is 0.867. The van der Waals surface area contributed by atoms with Crippen molar-refractivity contribution in [3.05, 3.63) is 0 Å². The number of aliphatic hydroxyl groups excluding tert-OH is 1. The van der Waals surface area contributed by atoms with Gasteiger partial charge in [-0.05, 0) is 12.8 Å². The van der Waals surface area contributed by atoms with Crippen LogP contribution in [-0.2, 0) is 9.59 Å². The summed E-state index contributed by atoms with van der Waals surface area (Å²) in [6.07, 6.45) is -1.74. The molecule has 0 bridgehead atoms. The number of amides is 2. The summed E-state index contributed by atoms with van der Waals surface area (Å²) in [5.74, 6) is -1.82. The Hall–Kier alpha value is -1.31. The van der Waals surface area contributed by atoms with Crippen molar-refractivity contribution >= 4 is 11.8 Å². The van der Waals surface area contributed by atoms with Gasteiger partial charge in [-0.3, -0.25) is 9.59 Å². The van der Waals surface area contributed by atoms with Gasteiger partial charge in [-0.1, -0.05) is 19.8 Å². The van der Waals surface area contributed by atoms with Crippen molar-refractivity contribution in [3.63, 3.8) is 0 Å². The van der Waals surface area contributed by atoms with E-state index in [0.717, 1.165) is 19.3 Å². The molecule has 2 aliphatic rings. The monoisotopic (exact) mass is 336 g/mol. The van der Waals surface area contributed by atoms with Crippen LogP contribution in [0.15, 0.2) is 0 Å². The number of likely N-dealkylation sites (tertiary alicyclic amines) is 1. The van der Waals surface area contributed by atoms with Gasteiger partial charge in [-0.25, -0.2) is 0 Å². The molecule has 1 heterocycles. The van der Waals surface area contributed by atoms with Gasteiger partial charge in [0.1, 0.15) is 6.54 Å². The maximum atomic E-state index is 12.4. The number of nitrogens with zero attached hydrogens (tertiary/aromatic N) is 1. The molecule has 1 aliphatic heterocycles. The Kier molecular flexibility index (Phi) is 5.23. The number of hydrogen-bond donors (Lipinski definition) is 2. The summed E-state index contributed by atoms with van der Waals surface area (Å²) in [7, 11) is 0. The third-order valence-corrected chi connectivity index (χ3v) is 4.90. The summed E-state index contributed by atoms with van der Waals surface area (Å²) in [6, 6.07) is 0. The number of rotatable bonds is 4. The van der Waals surface area contributed by atoms with Crippen LogP contribution >= 0.6 is 0 Å². The normalized spacial score (nSPS) is 32.2. The summed E-state index contributed by atoms with van der Waals surface area (Å²) < 4.78 is 37.1. The highest BCUT2D eigenvalue weighted by Crippen LogP contribution is 2.35. The number of hydrogen-bond acceptors (Lipinski definition) is 3. The minimum absolute atomic E-state index is 0.193. The van der Waals surface area contributed by atoms with Crippen molar-refractivity contribution in [3.8, 4) is 0 Å². The zero-order valence-corrected chi connectivity index (χ0v) is 13.2. The Morgan fingerprint density at radius 3 is 2.74 bits per heavy atom. The lowest BCUT2D eigenvalue weighted by atomic mass is 9.73. The van der Waals surface area contributed by atoms with E-state index in [4.69, 9.17) is 0 Å². The molecule has 132 valence electrons. The molecule has 2 N–H and O–H groups in total. The zero-order chi connectivity index (χ0) is 17.3. The molecule has 2 amide bonds. The lowest BCUT2D eigenvalue weighted by molar-refractivity contribution is -0.157. The van der Waals surface area contributed by atoms with E-state index in [1.54, 1.807) is 0 Å². The highest BCUT2D eigenvalue weighted by Gasteiger charge is 2.41. The summed E-state index contributed by atoms with van der Waals surface area (Å²) in [5, 5.41) is 12.8. The molecule has 1 aliphatic carbocycles.